The van der Waals surface area contributed by atoms with E-state index in [9.17, 15) is 0 Å². The summed E-state index contributed by atoms with van der Waals surface area (Å²) in [6.07, 6.45) is 1.87. The maximum absolute atomic E-state index is 5.80. The molecule has 0 amide bonds. The molecule has 2 aromatic rings. The highest BCUT2D eigenvalue weighted by molar-refractivity contribution is 7.98. The highest BCUT2D eigenvalue weighted by atomic mass is 35.5. The van der Waals surface area contributed by atoms with Gasteiger partial charge in [-0.25, -0.2) is 0 Å². The molecule has 0 bridgehead atoms. The van der Waals surface area contributed by atoms with E-state index < -0.39 is 0 Å². The summed E-state index contributed by atoms with van der Waals surface area (Å²) in [6.45, 7) is 0. The molecule has 0 aliphatic carbocycles. The Morgan fingerprint density at radius 2 is 2.20 bits per heavy atom. The van der Waals surface area contributed by atoms with Crippen LogP contribution < -0.4 is 5.73 Å². The minimum absolute atomic E-state index is 0.447. The average Bonchev–Trinajstić information content (AvgIpc) is 2.70. The van der Waals surface area contributed by atoms with Gasteiger partial charge in [-0.1, -0.05) is 23.4 Å². The van der Waals surface area contributed by atoms with Crippen molar-refractivity contribution in [2.24, 2.45) is 0 Å². The van der Waals surface area contributed by atoms with E-state index >= 15 is 0 Å². The zero-order valence-corrected chi connectivity index (χ0v) is 9.47. The first kappa shape index (κ1) is 10.3. The molecule has 0 saturated heterocycles. The molecule has 0 fully saturated rings. The van der Waals surface area contributed by atoms with E-state index in [1.165, 1.54) is 11.8 Å². The fourth-order valence-corrected chi connectivity index (χ4v) is 1.49. The fourth-order valence-electron chi connectivity index (χ4n) is 1.09. The minimum Gasteiger partial charge on any atom is -0.411 e. The zero-order valence-electron chi connectivity index (χ0n) is 7.90. The van der Waals surface area contributed by atoms with E-state index in [1.54, 1.807) is 18.2 Å². The van der Waals surface area contributed by atoms with Gasteiger partial charge in [0.05, 0.1) is 10.7 Å². The molecule has 0 aliphatic rings. The summed E-state index contributed by atoms with van der Waals surface area (Å²) in [4.78, 5) is 0. The molecule has 0 unspecified atom stereocenters. The lowest BCUT2D eigenvalue weighted by molar-refractivity contribution is 0.466. The van der Waals surface area contributed by atoms with Gasteiger partial charge in [-0.15, -0.1) is 10.2 Å². The van der Waals surface area contributed by atoms with Gasteiger partial charge in [-0.05, 0) is 24.5 Å². The number of hydrogen-bond acceptors (Lipinski definition) is 5. The van der Waals surface area contributed by atoms with E-state index in [0.717, 1.165) is 5.56 Å². The number of thioether (sulfide) groups is 1. The molecule has 4 nitrogen and oxygen atoms in total. The van der Waals surface area contributed by atoms with Gasteiger partial charge >= 0.3 is 0 Å². The average molecular weight is 242 g/mol. The molecule has 6 heteroatoms. The summed E-state index contributed by atoms with van der Waals surface area (Å²) in [5, 5.41) is 8.77. The Balaban J connectivity index is 2.40. The van der Waals surface area contributed by atoms with Crippen molar-refractivity contribution in [2.75, 3.05) is 12.0 Å². The van der Waals surface area contributed by atoms with Crippen molar-refractivity contribution in [1.29, 1.82) is 0 Å². The van der Waals surface area contributed by atoms with Crippen LogP contribution in [0.25, 0.3) is 11.5 Å². The van der Waals surface area contributed by atoms with Crippen LogP contribution >= 0.6 is 23.4 Å². The molecule has 0 atom stereocenters. The predicted octanol–water partition coefficient (Wildman–Crippen LogP) is 2.69. The first-order chi connectivity index (χ1) is 7.20. The smallest absolute Gasteiger partial charge is 0.276 e. The maximum Gasteiger partial charge on any atom is 0.276 e. The van der Waals surface area contributed by atoms with Crippen LogP contribution in [-0.2, 0) is 0 Å². The summed E-state index contributed by atoms with van der Waals surface area (Å²) in [5.41, 5.74) is 6.94. The molecule has 15 heavy (non-hydrogen) atoms. The molecule has 1 aromatic heterocycles. The molecular formula is C9H8ClN3OS. The lowest BCUT2D eigenvalue weighted by Crippen LogP contribution is -1.87. The number of halogens is 1. The number of rotatable bonds is 2. The monoisotopic (exact) mass is 241 g/mol. The fraction of sp³-hybridized carbons (Fsp3) is 0.111. The van der Waals surface area contributed by atoms with Crippen molar-refractivity contribution in [2.45, 2.75) is 5.22 Å². The molecule has 0 saturated carbocycles. The van der Waals surface area contributed by atoms with Crippen molar-refractivity contribution in [3.05, 3.63) is 23.2 Å². The Kier molecular flexibility index (Phi) is 2.83. The molecular weight excluding hydrogens is 234 g/mol. The SMILES string of the molecule is CSc1nnc(-c2ccc(Cl)c(N)c2)o1. The van der Waals surface area contributed by atoms with Crippen LogP contribution in [0, 0.1) is 0 Å². The van der Waals surface area contributed by atoms with Crippen LogP contribution in [0.5, 0.6) is 0 Å². The van der Waals surface area contributed by atoms with Crippen molar-refractivity contribution in [1.82, 2.24) is 10.2 Å². The van der Waals surface area contributed by atoms with E-state index in [1.807, 2.05) is 6.26 Å². The van der Waals surface area contributed by atoms with Gasteiger partial charge in [-0.3, -0.25) is 0 Å². The van der Waals surface area contributed by atoms with Crippen LogP contribution in [0.4, 0.5) is 5.69 Å². The Morgan fingerprint density at radius 1 is 1.40 bits per heavy atom. The molecule has 1 aromatic carbocycles. The molecule has 78 valence electrons. The second kappa shape index (κ2) is 4.12. The number of anilines is 1. The summed E-state index contributed by atoms with van der Waals surface area (Å²) in [5.74, 6) is 0.447. The molecule has 2 N–H and O–H groups in total. The third-order valence-electron chi connectivity index (χ3n) is 1.82. The molecule has 0 aliphatic heterocycles. The van der Waals surface area contributed by atoms with Crippen LogP contribution in [-0.4, -0.2) is 16.5 Å². The van der Waals surface area contributed by atoms with Gasteiger partial charge in [0.15, 0.2) is 0 Å². The Morgan fingerprint density at radius 3 is 2.80 bits per heavy atom. The number of aromatic nitrogens is 2. The highest BCUT2D eigenvalue weighted by Crippen LogP contribution is 2.27. The van der Waals surface area contributed by atoms with E-state index in [-0.39, 0.29) is 0 Å². The Bertz CT molecular complexity index is 486. The van der Waals surface area contributed by atoms with Crippen LogP contribution in [0.15, 0.2) is 27.8 Å². The summed E-state index contributed by atoms with van der Waals surface area (Å²) in [7, 11) is 0. The number of nitrogens with two attached hydrogens (primary N) is 1. The van der Waals surface area contributed by atoms with Gasteiger partial charge in [0.25, 0.3) is 5.22 Å². The first-order valence-electron chi connectivity index (χ1n) is 4.13. The van der Waals surface area contributed by atoms with Crippen LogP contribution in [0.1, 0.15) is 0 Å². The van der Waals surface area contributed by atoms with Crippen molar-refractivity contribution < 1.29 is 4.42 Å². The van der Waals surface area contributed by atoms with Crippen LogP contribution in [0.2, 0.25) is 5.02 Å². The van der Waals surface area contributed by atoms with Gasteiger partial charge in [0, 0.05) is 5.56 Å². The summed E-state index contributed by atoms with van der Waals surface area (Å²) >= 11 is 7.20. The van der Waals surface area contributed by atoms with E-state index in [4.69, 9.17) is 21.8 Å². The largest absolute Gasteiger partial charge is 0.411 e. The van der Waals surface area contributed by atoms with Gasteiger partial charge in [0.1, 0.15) is 0 Å². The molecule has 0 spiro atoms. The molecule has 2 rings (SSSR count). The summed E-state index contributed by atoms with van der Waals surface area (Å²) < 4.78 is 5.36. The number of nitrogen functional groups attached to an aromatic ring is 1. The van der Waals surface area contributed by atoms with Gasteiger partial charge < -0.3 is 10.2 Å². The van der Waals surface area contributed by atoms with Crippen molar-refractivity contribution >= 4 is 29.1 Å². The topological polar surface area (TPSA) is 64.9 Å². The quantitative estimate of drug-likeness (QED) is 0.647. The highest BCUT2D eigenvalue weighted by Gasteiger charge is 2.08. The number of hydrogen-bond donors (Lipinski definition) is 1. The lowest BCUT2D eigenvalue weighted by Gasteiger charge is -1.99. The normalized spacial score (nSPS) is 10.5. The first-order valence-corrected chi connectivity index (χ1v) is 5.74. The van der Waals surface area contributed by atoms with E-state index in [2.05, 4.69) is 10.2 Å². The number of benzene rings is 1. The molecule has 1 heterocycles. The number of nitrogens with zero attached hydrogens (tertiary/aromatic N) is 2. The third-order valence-corrected chi connectivity index (χ3v) is 2.68. The van der Waals surface area contributed by atoms with Crippen molar-refractivity contribution in [3.8, 4) is 11.5 Å². The summed E-state index contributed by atoms with van der Waals surface area (Å²) in [6, 6.07) is 5.20. The predicted molar refractivity (Wildman–Crippen MR) is 60.9 cm³/mol. The standard InChI is InChI=1S/C9H8ClN3OS/c1-15-9-13-12-8(14-9)5-2-3-6(10)7(11)4-5/h2-4H,11H2,1H3. The van der Waals surface area contributed by atoms with Gasteiger partial charge in [-0.2, -0.15) is 0 Å². The molecule has 0 radical (unpaired) electrons. The van der Waals surface area contributed by atoms with Crippen LogP contribution in [0.3, 0.4) is 0 Å². The Hall–Kier alpha value is -1.20. The Labute approximate surface area is 95.8 Å². The zero-order chi connectivity index (χ0) is 10.8. The third kappa shape index (κ3) is 2.08. The van der Waals surface area contributed by atoms with Gasteiger partial charge in [0.2, 0.25) is 5.89 Å². The lowest BCUT2D eigenvalue weighted by atomic mass is 10.2. The second-order valence-electron chi connectivity index (χ2n) is 2.81. The van der Waals surface area contributed by atoms with Crippen molar-refractivity contribution in [3.63, 3.8) is 0 Å². The minimum atomic E-state index is 0.447. The maximum atomic E-state index is 5.80. The van der Waals surface area contributed by atoms with E-state index in [0.29, 0.717) is 21.8 Å². The second-order valence-corrected chi connectivity index (χ2v) is 3.98.